The van der Waals surface area contributed by atoms with Crippen LogP contribution in [0.3, 0.4) is 0 Å². The van der Waals surface area contributed by atoms with Gasteiger partial charge in [0.2, 0.25) is 0 Å². The van der Waals surface area contributed by atoms with E-state index in [0.29, 0.717) is 12.1 Å². The van der Waals surface area contributed by atoms with Crippen molar-refractivity contribution in [1.82, 2.24) is 9.80 Å². The molecule has 2 aliphatic carbocycles. The number of nitrogens with zero attached hydrogens (tertiary/aromatic N) is 2. The molecule has 3 heteroatoms. The van der Waals surface area contributed by atoms with E-state index in [0.717, 1.165) is 13.1 Å². The Labute approximate surface area is 125 Å². The van der Waals surface area contributed by atoms with Crippen molar-refractivity contribution in [3.8, 4) is 0 Å². The molecule has 0 aromatic heterocycles. The van der Waals surface area contributed by atoms with Crippen LogP contribution in [0, 0.1) is 0 Å². The van der Waals surface area contributed by atoms with Gasteiger partial charge in [-0.1, -0.05) is 38.5 Å². The summed E-state index contributed by atoms with van der Waals surface area (Å²) < 4.78 is 0. The summed E-state index contributed by atoms with van der Waals surface area (Å²) in [6.07, 6.45) is 13.4. The van der Waals surface area contributed by atoms with Crippen LogP contribution in [-0.2, 0) is 0 Å². The largest absolute Gasteiger partial charge is 0.390 e. The predicted molar refractivity (Wildman–Crippen MR) is 85.0 cm³/mol. The molecule has 0 aliphatic heterocycles. The highest BCUT2D eigenvalue weighted by molar-refractivity contribution is 4.79. The first-order valence-electron chi connectivity index (χ1n) is 8.75. The molecule has 0 aromatic carbocycles. The Balaban J connectivity index is 1.69. The molecule has 2 aliphatic rings. The number of aliphatic hydroxyl groups excluding tert-OH is 1. The van der Waals surface area contributed by atoms with Crippen LogP contribution in [0.4, 0.5) is 0 Å². The lowest BCUT2D eigenvalue weighted by Gasteiger charge is -2.35. The van der Waals surface area contributed by atoms with Crippen LogP contribution < -0.4 is 0 Å². The second-order valence-corrected chi connectivity index (χ2v) is 7.12. The van der Waals surface area contributed by atoms with Gasteiger partial charge in [0.15, 0.2) is 0 Å². The number of hydrogen-bond donors (Lipinski definition) is 1. The van der Waals surface area contributed by atoms with E-state index in [1.54, 1.807) is 0 Å². The number of rotatable bonds is 6. The zero-order chi connectivity index (χ0) is 14.4. The Bertz CT molecular complexity index is 234. The molecular formula is C17H34N2O. The van der Waals surface area contributed by atoms with Gasteiger partial charge in [-0.25, -0.2) is 0 Å². The molecule has 20 heavy (non-hydrogen) atoms. The van der Waals surface area contributed by atoms with E-state index in [-0.39, 0.29) is 6.10 Å². The molecule has 0 amide bonds. The van der Waals surface area contributed by atoms with Crippen LogP contribution in [-0.4, -0.2) is 60.3 Å². The average Bonchev–Trinajstić information content (AvgIpc) is 2.49. The van der Waals surface area contributed by atoms with Gasteiger partial charge in [-0.05, 0) is 39.8 Å². The highest BCUT2D eigenvalue weighted by Crippen LogP contribution is 2.23. The molecule has 118 valence electrons. The Kier molecular flexibility index (Phi) is 6.79. The summed E-state index contributed by atoms with van der Waals surface area (Å²) >= 11 is 0. The van der Waals surface area contributed by atoms with E-state index in [9.17, 15) is 5.11 Å². The van der Waals surface area contributed by atoms with Crippen molar-refractivity contribution in [3.63, 3.8) is 0 Å². The maximum atomic E-state index is 10.4. The van der Waals surface area contributed by atoms with Gasteiger partial charge in [0.1, 0.15) is 0 Å². The minimum atomic E-state index is -0.200. The van der Waals surface area contributed by atoms with Crippen LogP contribution in [0.15, 0.2) is 0 Å². The Morgan fingerprint density at radius 3 is 1.45 bits per heavy atom. The van der Waals surface area contributed by atoms with E-state index in [4.69, 9.17) is 0 Å². The third-order valence-corrected chi connectivity index (χ3v) is 5.39. The van der Waals surface area contributed by atoms with Gasteiger partial charge in [-0.15, -0.1) is 0 Å². The second kappa shape index (κ2) is 8.35. The molecule has 0 aromatic rings. The molecule has 0 atom stereocenters. The zero-order valence-corrected chi connectivity index (χ0v) is 13.6. The lowest BCUT2D eigenvalue weighted by molar-refractivity contribution is 0.0512. The first-order valence-corrected chi connectivity index (χ1v) is 8.75. The van der Waals surface area contributed by atoms with Gasteiger partial charge >= 0.3 is 0 Å². The molecule has 2 saturated carbocycles. The van der Waals surface area contributed by atoms with Crippen molar-refractivity contribution < 1.29 is 5.11 Å². The molecule has 0 spiro atoms. The molecule has 3 nitrogen and oxygen atoms in total. The van der Waals surface area contributed by atoms with Gasteiger partial charge in [0.05, 0.1) is 6.10 Å². The van der Waals surface area contributed by atoms with Crippen LogP contribution in [0.1, 0.15) is 64.2 Å². The van der Waals surface area contributed by atoms with Crippen molar-refractivity contribution in [1.29, 1.82) is 0 Å². The molecule has 0 saturated heterocycles. The Morgan fingerprint density at radius 2 is 1.10 bits per heavy atom. The monoisotopic (exact) mass is 282 g/mol. The summed E-state index contributed by atoms with van der Waals surface area (Å²) in [6.45, 7) is 1.67. The lowest BCUT2D eigenvalue weighted by Crippen LogP contribution is -2.45. The second-order valence-electron chi connectivity index (χ2n) is 7.12. The third-order valence-electron chi connectivity index (χ3n) is 5.39. The highest BCUT2D eigenvalue weighted by Gasteiger charge is 2.23. The van der Waals surface area contributed by atoms with Gasteiger partial charge in [-0.2, -0.15) is 0 Å². The van der Waals surface area contributed by atoms with E-state index < -0.39 is 0 Å². The van der Waals surface area contributed by atoms with Crippen molar-refractivity contribution in [2.45, 2.75) is 82.4 Å². The van der Waals surface area contributed by atoms with Crippen LogP contribution in [0.25, 0.3) is 0 Å². The SMILES string of the molecule is CN(CC(O)CN(C)C1CCCCC1)C1CCCCC1. The topological polar surface area (TPSA) is 26.7 Å². The van der Waals surface area contributed by atoms with Crippen molar-refractivity contribution in [3.05, 3.63) is 0 Å². The minimum Gasteiger partial charge on any atom is -0.390 e. The average molecular weight is 282 g/mol. The summed E-state index contributed by atoms with van der Waals surface area (Å²) in [5, 5.41) is 10.4. The Morgan fingerprint density at radius 1 is 0.750 bits per heavy atom. The molecule has 1 N–H and O–H groups in total. The van der Waals surface area contributed by atoms with Gasteiger partial charge in [-0.3, -0.25) is 0 Å². The molecular weight excluding hydrogens is 248 g/mol. The van der Waals surface area contributed by atoms with Crippen molar-refractivity contribution in [2.75, 3.05) is 27.2 Å². The van der Waals surface area contributed by atoms with E-state index in [1.165, 1.54) is 64.2 Å². The fourth-order valence-corrected chi connectivity index (χ4v) is 4.06. The quantitative estimate of drug-likeness (QED) is 0.811. The van der Waals surface area contributed by atoms with E-state index in [1.807, 2.05) is 0 Å². The van der Waals surface area contributed by atoms with E-state index >= 15 is 0 Å². The lowest BCUT2D eigenvalue weighted by atomic mass is 9.94. The zero-order valence-electron chi connectivity index (χ0n) is 13.6. The van der Waals surface area contributed by atoms with E-state index in [2.05, 4.69) is 23.9 Å². The minimum absolute atomic E-state index is 0.200. The fourth-order valence-electron chi connectivity index (χ4n) is 4.06. The maximum absolute atomic E-state index is 10.4. The van der Waals surface area contributed by atoms with Gasteiger partial charge < -0.3 is 14.9 Å². The standard InChI is InChI=1S/C17H34N2O/c1-18(15-9-5-3-6-10-15)13-17(20)14-19(2)16-11-7-4-8-12-16/h15-17,20H,3-14H2,1-2H3. The van der Waals surface area contributed by atoms with Gasteiger partial charge in [0, 0.05) is 25.2 Å². The summed E-state index contributed by atoms with van der Waals surface area (Å²) in [4.78, 5) is 4.80. The molecule has 0 bridgehead atoms. The van der Waals surface area contributed by atoms with Gasteiger partial charge in [0.25, 0.3) is 0 Å². The van der Waals surface area contributed by atoms with Crippen LogP contribution in [0.5, 0.6) is 0 Å². The smallest absolute Gasteiger partial charge is 0.0793 e. The molecule has 0 heterocycles. The summed E-state index contributed by atoms with van der Waals surface area (Å²) in [6, 6.07) is 1.41. The summed E-state index contributed by atoms with van der Waals surface area (Å²) in [7, 11) is 4.39. The highest BCUT2D eigenvalue weighted by atomic mass is 16.3. The van der Waals surface area contributed by atoms with Crippen molar-refractivity contribution >= 4 is 0 Å². The summed E-state index contributed by atoms with van der Waals surface area (Å²) in [5.74, 6) is 0. The normalized spacial score (nSPS) is 23.1. The Hall–Kier alpha value is -0.120. The van der Waals surface area contributed by atoms with Crippen LogP contribution >= 0.6 is 0 Å². The summed E-state index contributed by atoms with van der Waals surface area (Å²) in [5.41, 5.74) is 0. The van der Waals surface area contributed by atoms with Crippen molar-refractivity contribution in [2.24, 2.45) is 0 Å². The molecule has 0 radical (unpaired) electrons. The predicted octanol–water partition coefficient (Wildman–Crippen LogP) is 2.88. The van der Waals surface area contributed by atoms with Crippen LogP contribution in [0.2, 0.25) is 0 Å². The first kappa shape index (κ1) is 16.3. The third kappa shape index (κ3) is 5.01. The molecule has 0 unspecified atom stereocenters. The molecule has 2 fully saturated rings. The number of aliphatic hydroxyl groups is 1. The first-order chi connectivity index (χ1) is 9.66. The maximum Gasteiger partial charge on any atom is 0.0793 e. The number of likely N-dealkylation sites (N-methyl/N-ethyl adjacent to an activating group) is 2. The fraction of sp³-hybridized carbons (Fsp3) is 1.00. The number of hydrogen-bond acceptors (Lipinski definition) is 3. The molecule has 2 rings (SSSR count).